The van der Waals surface area contributed by atoms with E-state index in [0.29, 0.717) is 17.1 Å². The standard InChI is InChI=1S/C22H22N4O2/c1-14-3-4-15(2)26(14)19-10-7-17(8-11-19)21(27)24-18-9-12-20(23-13-18)25-22(28)16-5-6-16/h3-4,7-13,16H,5-6H2,1-2H3,(H,24,27)(H,23,25,28). The summed E-state index contributed by atoms with van der Waals surface area (Å²) < 4.78 is 2.14. The van der Waals surface area contributed by atoms with Crippen molar-refractivity contribution in [1.29, 1.82) is 0 Å². The van der Waals surface area contributed by atoms with E-state index in [-0.39, 0.29) is 17.7 Å². The lowest BCUT2D eigenvalue weighted by molar-refractivity contribution is -0.117. The monoisotopic (exact) mass is 374 g/mol. The summed E-state index contributed by atoms with van der Waals surface area (Å²) in [6.45, 7) is 4.11. The molecule has 0 unspecified atom stereocenters. The molecular weight excluding hydrogens is 352 g/mol. The van der Waals surface area contributed by atoms with E-state index in [2.05, 4.69) is 46.2 Å². The molecule has 3 aromatic rings. The molecule has 2 aromatic heterocycles. The second kappa shape index (κ2) is 7.31. The number of carbonyl (C=O) groups excluding carboxylic acids is 2. The Morgan fingerprint density at radius 1 is 0.929 bits per heavy atom. The third-order valence-corrected chi connectivity index (χ3v) is 4.88. The highest BCUT2D eigenvalue weighted by atomic mass is 16.2. The summed E-state index contributed by atoms with van der Waals surface area (Å²) in [5.74, 6) is 0.432. The average Bonchev–Trinajstić information content (AvgIpc) is 3.49. The van der Waals surface area contributed by atoms with Gasteiger partial charge in [0.25, 0.3) is 5.91 Å². The van der Waals surface area contributed by atoms with Crippen LogP contribution in [0, 0.1) is 19.8 Å². The predicted octanol–water partition coefficient (Wildman–Crippen LogP) is 4.09. The molecule has 1 aliphatic rings. The topological polar surface area (TPSA) is 76.0 Å². The van der Waals surface area contributed by atoms with Crippen molar-refractivity contribution >= 4 is 23.3 Å². The molecule has 142 valence electrons. The number of benzene rings is 1. The van der Waals surface area contributed by atoms with Gasteiger partial charge < -0.3 is 15.2 Å². The van der Waals surface area contributed by atoms with Crippen LogP contribution in [-0.2, 0) is 4.79 Å². The second-order valence-corrected chi connectivity index (χ2v) is 7.15. The number of aromatic nitrogens is 2. The zero-order valence-electron chi connectivity index (χ0n) is 15.9. The first kappa shape index (κ1) is 18.0. The maximum Gasteiger partial charge on any atom is 0.255 e. The molecule has 6 heteroatoms. The second-order valence-electron chi connectivity index (χ2n) is 7.15. The van der Waals surface area contributed by atoms with E-state index in [1.807, 2.05) is 12.1 Å². The van der Waals surface area contributed by atoms with Gasteiger partial charge in [0, 0.05) is 28.6 Å². The number of anilines is 2. The van der Waals surface area contributed by atoms with Crippen molar-refractivity contribution in [3.8, 4) is 5.69 Å². The van der Waals surface area contributed by atoms with Crippen LogP contribution < -0.4 is 10.6 Å². The average molecular weight is 374 g/mol. The largest absolute Gasteiger partial charge is 0.321 e. The molecule has 2 heterocycles. The Labute approximate surface area is 163 Å². The third kappa shape index (κ3) is 3.81. The molecule has 2 N–H and O–H groups in total. The lowest BCUT2D eigenvalue weighted by Crippen LogP contribution is -2.15. The summed E-state index contributed by atoms with van der Waals surface area (Å²) in [6, 6.07) is 15.0. The number of hydrogen-bond donors (Lipinski definition) is 2. The highest BCUT2D eigenvalue weighted by Gasteiger charge is 2.29. The van der Waals surface area contributed by atoms with Gasteiger partial charge in [0.05, 0.1) is 11.9 Å². The van der Waals surface area contributed by atoms with Crippen LogP contribution in [0.5, 0.6) is 0 Å². The zero-order chi connectivity index (χ0) is 19.7. The molecule has 0 radical (unpaired) electrons. The zero-order valence-corrected chi connectivity index (χ0v) is 15.9. The van der Waals surface area contributed by atoms with E-state index in [9.17, 15) is 9.59 Å². The van der Waals surface area contributed by atoms with Gasteiger partial charge in [-0.15, -0.1) is 0 Å². The van der Waals surface area contributed by atoms with E-state index in [1.165, 1.54) is 0 Å². The summed E-state index contributed by atoms with van der Waals surface area (Å²) in [6.07, 6.45) is 3.44. The molecule has 2 amide bonds. The maximum atomic E-state index is 12.5. The van der Waals surface area contributed by atoms with Crippen LogP contribution in [0.15, 0.2) is 54.7 Å². The number of nitrogens with zero attached hydrogens (tertiary/aromatic N) is 2. The molecule has 0 bridgehead atoms. The number of aryl methyl sites for hydroxylation is 2. The molecule has 0 aliphatic heterocycles. The van der Waals surface area contributed by atoms with Gasteiger partial charge in [-0.1, -0.05) is 0 Å². The fraction of sp³-hybridized carbons (Fsp3) is 0.227. The van der Waals surface area contributed by atoms with E-state index in [1.54, 1.807) is 30.5 Å². The molecule has 1 saturated carbocycles. The fourth-order valence-corrected chi connectivity index (χ4v) is 3.16. The van der Waals surface area contributed by atoms with E-state index >= 15 is 0 Å². The smallest absolute Gasteiger partial charge is 0.255 e. The summed E-state index contributed by atoms with van der Waals surface area (Å²) in [4.78, 5) is 28.4. The van der Waals surface area contributed by atoms with Crippen LogP contribution in [0.25, 0.3) is 5.69 Å². The third-order valence-electron chi connectivity index (χ3n) is 4.88. The summed E-state index contributed by atoms with van der Waals surface area (Å²) in [7, 11) is 0. The van der Waals surface area contributed by atoms with Gasteiger partial charge in [0.15, 0.2) is 0 Å². The van der Waals surface area contributed by atoms with Crippen molar-refractivity contribution in [3.63, 3.8) is 0 Å². The summed E-state index contributed by atoms with van der Waals surface area (Å²) in [5, 5.41) is 5.61. The Morgan fingerprint density at radius 2 is 1.61 bits per heavy atom. The molecule has 0 saturated heterocycles. The van der Waals surface area contributed by atoms with Gasteiger partial charge in [-0.2, -0.15) is 0 Å². The first-order chi connectivity index (χ1) is 13.5. The lowest BCUT2D eigenvalue weighted by Gasteiger charge is -2.11. The van der Waals surface area contributed by atoms with Gasteiger partial charge in [0.1, 0.15) is 5.82 Å². The van der Waals surface area contributed by atoms with Crippen LogP contribution in [0.2, 0.25) is 0 Å². The van der Waals surface area contributed by atoms with Crippen molar-refractivity contribution in [3.05, 3.63) is 71.7 Å². The van der Waals surface area contributed by atoms with Crippen LogP contribution in [0.1, 0.15) is 34.6 Å². The van der Waals surface area contributed by atoms with Gasteiger partial charge in [-0.05, 0) is 75.2 Å². The number of carbonyl (C=O) groups is 2. The Balaban J connectivity index is 1.41. The molecule has 1 aliphatic carbocycles. The molecular formula is C22H22N4O2. The maximum absolute atomic E-state index is 12.5. The van der Waals surface area contributed by atoms with Crippen molar-refractivity contribution < 1.29 is 9.59 Å². The van der Waals surface area contributed by atoms with E-state index in [0.717, 1.165) is 29.9 Å². The molecule has 1 aromatic carbocycles. The van der Waals surface area contributed by atoms with Gasteiger partial charge >= 0.3 is 0 Å². The van der Waals surface area contributed by atoms with Gasteiger partial charge in [0.2, 0.25) is 5.91 Å². The van der Waals surface area contributed by atoms with Crippen LogP contribution >= 0.6 is 0 Å². The Kier molecular flexibility index (Phi) is 4.69. The first-order valence-electron chi connectivity index (χ1n) is 9.35. The van der Waals surface area contributed by atoms with Crippen LogP contribution in [0.3, 0.4) is 0 Å². The van der Waals surface area contributed by atoms with Gasteiger partial charge in [-0.25, -0.2) is 4.98 Å². The number of pyridine rings is 1. The first-order valence-corrected chi connectivity index (χ1v) is 9.35. The molecule has 1 fully saturated rings. The minimum Gasteiger partial charge on any atom is -0.321 e. The fourth-order valence-electron chi connectivity index (χ4n) is 3.16. The Hall–Kier alpha value is -3.41. The van der Waals surface area contributed by atoms with Crippen molar-refractivity contribution in [1.82, 2.24) is 9.55 Å². The van der Waals surface area contributed by atoms with Crippen molar-refractivity contribution in [2.45, 2.75) is 26.7 Å². The minimum absolute atomic E-state index is 0.0116. The number of hydrogen-bond acceptors (Lipinski definition) is 3. The SMILES string of the molecule is Cc1ccc(C)n1-c1ccc(C(=O)Nc2ccc(NC(=O)C3CC3)nc2)cc1. The lowest BCUT2D eigenvalue weighted by atomic mass is 10.2. The summed E-state index contributed by atoms with van der Waals surface area (Å²) in [5.41, 5.74) is 4.46. The van der Waals surface area contributed by atoms with E-state index < -0.39 is 0 Å². The van der Waals surface area contributed by atoms with Gasteiger partial charge in [-0.3, -0.25) is 9.59 Å². The highest BCUT2D eigenvalue weighted by molar-refractivity contribution is 6.04. The minimum atomic E-state index is -0.205. The van der Waals surface area contributed by atoms with Crippen molar-refractivity contribution in [2.24, 2.45) is 5.92 Å². The van der Waals surface area contributed by atoms with Crippen molar-refractivity contribution in [2.75, 3.05) is 10.6 Å². The number of nitrogens with one attached hydrogen (secondary N) is 2. The van der Waals surface area contributed by atoms with Crippen LogP contribution in [0.4, 0.5) is 11.5 Å². The number of amides is 2. The molecule has 0 atom stereocenters. The molecule has 4 rings (SSSR count). The van der Waals surface area contributed by atoms with Crippen LogP contribution in [-0.4, -0.2) is 21.4 Å². The Morgan fingerprint density at radius 3 is 2.18 bits per heavy atom. The normalized spacial score (nSPS) is 13.2. The molecule has 6 nitrogen and oxygen atoms in total. The predicted molar refractivity (Wildman–Crippen MR) is 109 cm³/mol. The summed E-state index contributed by atoms with van der Waals surface area (Å²) >= 11 is 0. The number of rotatable bonds is 5. The molecule has 28 heavy (non-hydrogen) atoms. The quantitative estimate of drug-likeness (QED) is 0.706. The highest BCUT2D eigenvalue weighted by Crippen LogP contribution is 2.30. The molecule has 0 spiro atoms. The Bertz CT molecular complexity index is 996. The van der Waals surface area contributed by atoms with E-state index in [4.69, 9.17) is 0 Å².